The molecule has 218 valence electrons. The molecule has 0 aromatic heterocycles. The highest BCUT2D eigenvalue weighted by Gasteiger charge is 2.33. The molecule has 2 amide bonds. The van der Waals surface area contributed by atoms with Crippen LogP contribution < -0.4 is 15.5 Å². The number of ether oxygens (including phenoxy) is 2. The number of hydrogen-bond donors (Lipinski definition) is 3. The van der Waals surface area contributed by atoms with Gasteiger partial charge in [0.05, 0.1) is 31.1 Å². The zero-order valence-corrected chi connectivity index (χ0v) is 23.5. The fourth-order valence-electron chi connectivity index (χ4n) is 4.02. The summed E-state index contributed by atoms with van der Waals surface area (Å²) in [6, 6.07) is 8.75. The van der Waals surface area contributed by atoms with Crippen LogP contribution in [0.5, 0.6) is 5.75 Å². The predicted octanol–water partition coefficient (Wildman–Crippen LogP) is 2.64. The molecule has 41 heavy (non-hydrogen) atoms. The fourth-order valence-corrected chi connectivity index (χ4v) is 5.23. The molecule has 2 aromatic rings. The number of carbonyl (C=O) groups is 3. The number of morpholine rings is 1. The van der Waals surface area contributed by atoms with Gasteiger partial charge in [-0.3, -0.25) is 19.3 Å². The summed E-state index contributed by atoms with van der Waals surface area (Å²) in [7, 11) is 0. The van der Waals surface area contributed by atoms with Crippen molar-refractivity contribution in [2.45, 2.75) is 6.42 Å². The van der Waals surface area contributed by atoms with Gasteiger partial charge in [-0.05, 0) is 41.5 Å². The van der Waals surface area contributed by atoms with E-state index in [4.69, 9.17) is 26.8 Å². The molecule has 2 fully saturated rings. The third-order valence-electron chi connectivity index (χ3n) is 6.17. The lowest BCUT2D eigenvalue weighted by Crippen LogP contribution is -2.46. The number of nitrogens with one attached hydrogen (secondary N) is 2. The van der Waals surface area contributed by atoms with Crippen molar-refractivity contribution >= 4 is 52.2 Å². The molecule has 10 nitrogen and oxygen atoms in total. The minimum atomic E-state index is -1.04. The number of hydrazine groups is 1. The van der Waals surface area contributed by atoms with Gasteiger partial charge in [0, 0.05) is 31.7 Å². The zero-order chi connectivity index (χ0) is 29.4. The van der Waals surface area contributed by atoms with Crippen molar-refractivity contribution in [1.29, 1.82) is 0 Å². The van der Waals surface area contributed by atoms with Crippen LogP contribution in [0.15, 0.2) is 41.3 Å². The Morgan fingerprint density at radius 3 is 2.59 bits per heavy atom. The highest BCUT2D eigenvalue weighted by atomic mass is 32.2. The van der Waals surface area contributed by atoms with Gasteiger partial charge in [0.1, 0.15) is 12.4 Å². The largest absolute Gasteiger partial charge is 0.492 e. The molecule has 0 atom stereocenters. The zero-order valence-electron chi connectivity index (χ0n) is 21.9. The van der Waals surface area contributed by atoms with Gasteiger partial charge < -0.3 is 19.9 Å². The third-order valence-corrected chi connectivity index (χ3v) is 7.47. The van der Waals surface area contributed by atoms with Gasteiger partial charge in [-0.2, -0.15) is 0 Å². The summed E-state index contributed by atoms with van der Waals surface area (Å²) >= 11 is 6.34. The van der Waals surface area contributed by atoms with E-state index in [1.165, 1.54) is 6.07 Å². The van der Waals surface area contributed by atoms with Gasteiger partial charge in [-0.1, -0.05) is 36.1 Å². The van der Waals surface area contributed by atoms with Crippen LogP contribution >= 0.6 is 24.0 Å². The quantitative estimate of drug-likeness (QED) is 0.246. The molecule has 0 radical (unpaired) electrons. The van der Waals surface area contributed by atoms with Crippen molar-refractivity contribution in [2.24, 2.45) is 0 Å². The molecule has 2 aromatic carbocycles. The highest BCUT2D eigenvalue weighted by Crippen LogP contribution is 2.35. The molecule has 3 N–H and O–H groups in total. The molecule has 0 aliphatic carbocycles. The Morgan fingerprint density at radius 1 is 1.12 bits per heavy atom. The molecule has 2 aliphatic rings. The molecule has 2 aliphatic heterocycles. The van der Waals surface area contributed by atoms with Crippen LogP contribution in [0.1, 0.15) is 12.0 Å². The van der Waals surface area contributed by atoms with E-state index in [1.54, 1.807) is 24.3 Å². The summed E-state index contributed by atoms with van der Waals surface area (Å²) < 4.78 is 39.1. The van der Waals surface area contributed by atoms with E-state index >= 15 is 0 Å². The Hall–Kier alpha value is -3.43. The molecule has 0 saturated carbocycles. The lowest BCUT2D eigenvalue weighted by Gasteiger charge is -2.26. The summed E-state index contributed by atoms with van der Waals surface area (Å²) in [6.07, 6.45) is 1.37. The van der Waals surface area contributed by atoms with E-state index in [0.29, 0.717) is 48.8 Å². The summed E-state index contributed by atoms with van der Waals surface area (Å²) in [5.74, 6) is -3.48. The molecular formula is C27H28F2N4O6S2. The maximum atomic E-state index is 13.9. The minimum absolute atomic E-state index is 0.0449. The number of nitrogens with zero attached hydrogens (tertiary/aromatic N) is 2. The second-order valence-electron chi connectivity index (χ2n) is 9.03. The Labute approximate surface area is 244 Å². The Balaban J connectivity index is 1.51. The molecular weight excluding hydrogens is 578 g/mol. The van der Waals surface area contributed by atoms with E-state index in [0.717, 1.165) is 42.0 Å². The Kier molecular flexibility index (Phi) is 10.8. The first-order valence-electron chi connectivity index (χ1n) is 12.7. The number of thioether (sulfide) groups is 1. The molecule has 4 rings (SSSR count). The van der Waals surface area contributed by atoms with Gasteiger partial charge in [-0.15, -0.1) is 0 Å². The fraction of sp³-hybridized carbons (Fsp3) is 0.333. The molecule has 14 heteroatoms. The van der Waals surface area contributed by atoms with E-state index in [-0.39, 0.29) is 28.7 Å². The molecule has 0 unspecified atom stereocenters. The van der Waals surface area contributed by atoms with Crippen LogP contribution in [-0.2, 0) is 19.1 Å². The molecule has 0 bridgehead atoms. The lowest BCUT2D eigenvalue weighted by molar-refractivity contribution is -0.136. The minimum Gasteiger partial charge on any atom is -0.492 e. The maximum Gasteiger partial charge on any atom is 0.305 e. The third kappa shape index (κ3) is 8.53. The number of carbonyl (C=O) groups excluding carboxylic acids is 2. The predicted molar refractivity (Wildman–Crippen MR) is 153 cm³/mol. The van der Waals surface area contributed by atoms with Gasteiger partial charge in [-0.25, -0.2) is 19.2 Å². The first-order chi connectivity index (χ1) is 19.7. The normalized spacial score (nSPS) is 16.8. The van der Waals surface area contributed by atoms with Gasteiger partial charge >= 0.3 is 5.97 Å². The number of amides is 2. The molecule has 2 heterocycles. The standard InChI is InChI=1S/C27H28F2N4O6S2/c28-20-3-1-18(14-21(20)29)17-2-4-22(39-12-9-32-7-10-38-11-8-32)19(13-17)15-23-26(37)33(27(40)41-23)31-16-24(34)30-6-5-25(35)36/h1-4,13-15,31H,5-12,16H2,(H,30,34)(H,35,36). The average molecular weight is 607 g/mol. The van der Waals surface area contributed by atoms with Crippen LogP contribution in [0.2, 0.25) is 0 Å². The smallest absolute Gasteiger partial charge is 0.305 e. The maximum absolute atomic E-state index is 13.9. The van der Waals surface area contributed by atoms with Crippen LogP contribution in [0, 0.1) is 11.6 Å². The first-order valence-corrected chi connectivity index (χ1v) is 14.0. The van der Waals surface area contributed by atoms with Gasteiger partial charge in [0.15, 0.2) is 16.0 Å². The van der Waals surface area contributed by atoms with E-state index in [2.05, 4.69) is 15.6 Å². The number of carboxylic acids is 1. The number of hydrogen-bond acceptors (Lipinski definition) is 9. The highest BCUT2D eigenvalue weighted by molar-refractivity contribution is 8.26. The number of thiocarbonyl (C=S) groups is 1. The summed E-state index contributed by atoms with van der Waals surface area (Å²) in [5.41, 5.74) is 4.23. The first kappa shape index (κ1) is 30.5. The second kappa shape index (κ2) is 14.5. The van der Waals surface area contributed by atoms with Gasteiger partial charge in [0.2, 0.25) is 5.91 Å². The summed E-state index contributed by atoms with van der Waals surface area (Å²) in [5, 5.41) is 12.2. The van der Waals surface area contributed by atoms with Crippen molar-refractivity contribution in [1.82, 2.24) is 20.7 Å². The number of aliphatic carboxylic acids is 1. The van der Waals surface area contributed by atoms with E-state index < -0.39 is 29.4 Å². The van der Waals surface area contributed by atoms with Crippen molar-refractivity contribution < 1.29 is 37.7 Å². The summed E-state index contributed by atoms with van der Waals surface area (Å²) in [6.45, 7) is 3.65. The Bertz CT molecular complexity index is 1350. The van der Waals surface area contributed by atoms with Crippen LogP contribution in [0.4, 0.5) is 8.78 Å². The van der Waals surface area contributed by atoms with Crippen molar-refractivity contribution in [2.75, 3.05) is 52.5 Å². The molecule has 2 saturated heterocycles. The topological polar surface area (TPSA) is 120 Å². The second-order valence-corrected chi connectivity index (χ2v) is 10.7. The Morgan fingerprint density at radius 2 is 1.85 bits per heavy atom. The summed E-state index contributed by atoms with van der Waals surface area (Å²) in [4.78, 5) is 38.2. The molecule has 0 spiro atoms. The average Bonchev–Trinajstić information content (AvgIpc) is 3.21. The number of carboxylic acid groups (broad SMARTS) is 1. The van der Waals surface area contributed by atoms with Crippen molar-refractivity contribution in [3.8, 4) is 16.9 Å². The number of benzene rings is 2. The van der Waals surface area contributed by atoms with E-state index in [1.807, 2.05) is 0 Å². The lowest BCUT2D eigenvalue weighted by atomic mass is 10.0. The van der Waals surface area contributed by atoms with Gasteiger partial charge in [0.25, 0.3) is 5.91 Å². The van der Waals surface area contributed by atoms with Crippen molar-refractivity contribution in [3.05, 3.63) is 58.5 Å². The van der Waals surface area contributed by atoms with Crippen LogP contribution in [0.25, 0.3) is 17.2 Å². The number of halogens is 2. The van der Waals surface area contributed by atoms with Crippen molar-refractivity contribution in [3.63, 3.8) is 0 Å². The number of rotatable bonds is 12. The SMILES string of the molecule is O=C(O)CCNC(=O)CNN1C(=O)C(=Cc2cc(-c3ccc(F)c(F)c3)ccc2OCCN2CCOCC2)SC1=S. The van der Waals surface area contributed by atoms with Crippen LogP contribution in [-0.4, -0.2) is 89.7 Å². The monoisotopic (exact) mass is 606 g/mol. The van der Waals surface area contributed by atoms with E-state index in [9.17, 15) is 23.2 Å². The van der Waals surface area contributed by atoms with Crippen LogP contribution in [0.3, 0.4) is 0 Å².